The maximum absolute atomic E-state index is 5.45. The van der Waals surface area contributed by atoms with Crippen molar-refractivity contribution in [3.8, 4) is 0 Å². The molecule has 0 fully saturated rings. The summed E-state index contributed by atoms with van der Waals surface area (Å²) in [6, 6.07) is 8.46. The summed E-state index contributed by atoms with van der Waals surface area (Å²) in [5.41, 5.74) is 8.08. The highest BCUT2D eigenvalue weighted by atomic mass is 14.9. The molecule has 2 heteroatoms. The van der Waals surface area contributed by atoms with Crippen LogP contribution in [0.15, 0.2) is 24.3 Å². The Kier molecular flexibility index (Phi) is 4.47. The predicted molar refractivity (Wildman–Crippen MR) is 62.7 cm³/mol. The molecule has 0 heterocycles. The van der Waals surface area contributed by atoms with E-state index < -0.39 is 0 Å². The van der Waals surface area contributed by atoms with Crippen LogP contribution >= 0.6 is 0 Å². The van der Waals surface area contributed by atoms with Crippen molar-refractivity contribution in [2.75, 3.05) is 18.4 Å². The van der Waals surface area contributed by atoms with Crippen LogP contribution in [0.1, 0.15) is 31.7 Å². The van der Waals surface area contributed by atoms with E-state index >= 15 is 0 Å². The third kappa shape index (κ3) is 3.04. The number of nitrogens with two attached hydrogens (primary N) is 1. The smallest absolute Gasteiger partial charge is 0.0375 e. The average Bonchev–Trinajstić information content (AvgIpc) is 2.19. The summed E-state index contributed by atoms with van der Waals surface area (Å²) >= 11 is 0. The van der Waals surface area contributed by atoms with Crippen molar-refractivity contribution in [3.63, 3.8) is 0 Å². The van der Waals surface area contributed by atoms with Crippen molar-refractivity contribution in [2.24, 2.45) is 5.73 Å². The molecule has 14 heavy (non-hydrogen) atoms. The lowest BCUT2D eigenvalue weighted by Crippen LogP contribution is -2.09. The first kappa shape index (κ1) is 11.1. The Balaban J connectivity index is 2.64. The molecule has 0 atom stereocenters. The Bertz CT molecular complexity index is 269. The van der Waals surface area contributed by atoms with Gasteiger partial charge in [-0.2, -0.15) is 0 Å². The Morgan fingerprint density at radius 2 is 2.00 bits per heavy atom. The molecule has 0 amide bonds. The Labute approximate surface area is 86.5 Å². The second kappa shape index (κ2) is 5.66. The predicted octanol–water partition coefficient (Wildman–Crippen LogP) is 2.57. The topological polar surface area (TPSA) is 38.0 Å². The summed E-state index contributed by atoms with van der Waals surface area (Å²) in [6.07, 6.45) is 1.02. The molecular formula is C12H20N2. The van der Waals surface area contributed by atoms with Gasteiger partial charge in [-0.1, -0.05) is 32.0 Å². The SMILES string of the molecule is CC(C)c1ccccc1NCCCN. The van der Waals surface area contributed by atoms with Gasteiger partial charge in [0.15, 0.2) is 0 Å². The van der Waals surface area contributed by atoms with Crippen LogP contribution in [0.25, 0.3) is 0 Å². The second-order valence-corrected chi connectivity index (χ2v) is 3.81. The normalized spacial score (nSPS) is 10.6. The van der Waals surface area contributed by atoms with Crippen LogP contribution in [0, 0.1) is 0 Å². The molecule has 0 spiro atoms. The van der Waals surface area contributed by atoms with Crippen molar-refractivity contribution in [3.05, 3.63) is 29.8 Å². The summed E-state index contributed by atoms with van der Waals surface area (Å²) < 4.78 is 0. The molecule has 1 aromatic carbocycles. The molecule has 0 bridgehead atoms. The van der Waals surface area contributed by atoms with E-state index in [2.05, 4.69) is 43.4 Å². The fourth-order valence-electron chi connectivity index (χ4n) is 1.49. The van der Waals surface area contributed by atoms with Gasteiger partial charge in [0.2, 0.25) is 0 Å². The van der Waals surface area contributed by atoms with Crippen LogP contribution in [0.2, 0.25) is 0 Å². The second-order valence-electron chi connectivity index (χ2n) is 3.81. The number of hydrogen-bond acceptors (Lipinski definition) is 2. The fourth-order valence-corrected chi connectivity index (χ4v) is 1.49. The minimum absolute atomic E-state index is 0.566. The molecule has 0 aliphatic carbocycles. The molecule has 0 saturated carbocycles. The maximum Gasteiger partial charge on any atom is 0.0375 e. The summed E-state index contributed by atoms with van der Waals surface area (Å²) in [7, 11) is 0. The zero-order valence-corrected chi connectivity index (χ0v) is 9.09. The zero-order chi connectivity index (χ0) is 10.4. The van der Waals surface area contributed by atoms with Gasteiger partial charge in [-0.25, -0.2) is 0 Å². The van der Waals surface area contributed by atoms with Gasteiger partial charge in [0.1, 0.15) is 0 Å². The van der Waals surface area contributed by atoms with Crippen LogP contribution in [-0.4, -0.2) is 13.1 Å². The van der Waals surface area contributed by atoms with E-state index in [0.29, 0.717) is 5.92 Å². The first-order chi connectivity index (χ1) is 6.75. The molecule has 78 valence electrons. The maximum atomic E-state index is 5.45. The van der Waals surface area contributed by atoms with Gasteiger partial charge in [-0.05, 0) is 30.5 Å². The van der Waals surface area contributed by atoms with Gasteiger partial charge in [0.25, 0.3) is 0 Å². The van der Waals surface area contributed by atoms with Crippen LogP contribution in [-0.2, 0) is 0 Å². The van der Waals surface area contributed by atoms with Crippen LogP contribution in [0.4, 0.5) is 5.69 Å². The lowest BCUT2D eigenvalue weighted by atomic mass is 10.0. The first-order valence-corrected chi connectivity index (χ1v) is 5.28. The van der Waals surface area contributed by atoms with Gasteiger partial charge in [0, 0.05) is 12.2 Å². The zero-order valence-electron chi connectivity index (χ0n) is 9.09. The monoisotopic (exact) mass is 192 g/mol. The lowest BCUT2D eigenvalue weighted by molar-refractivity contribution is 0.848. The Morgan fingerprint density at radius 3 is 2.64 bits per heavy atom. The number of anilines is 1. The third-order valence-corrected chi connectivity index (χ3v) is 2.28. The van der Waals surface area contributed by atoms with Crippen molar-refractivity contribution in [2.45, 2.75) is 26.2 Å². The molecule has 0 saturated heterocycles. The van der Waals surface area contributed by atoms with E-state index in [0.717, 1.165) is 19.5 Å². The van der Waals surface area contributed by atoms with Gasteiger partial charge in [-0.3, -0.25) is 0 Å². The highest BCUT2D eigenvalue weighted by Crippen LogP contribution is 2.23. The van der Waals surface area contributed by atoms with E-state index in [-0.39, 0.29) is 0 Å². The van der Waals surface area contributed by atoms with Gasteiger partial charge < -0.3 is 11.1 Å². The van der Waals surface area contributed by atoms with Crippen molar-refractivity contribution >= 4 is 5.69 Å². The van der Waals surface area contributed by atoms with Crippen LogP contribution in [0.5, 0.6) is 0 Å². The molecule has 2 nitrogen and oxygen atoms in total. The minimum atomic E-state index is 0.566. The Hall–Kier alpha value is -1.02. The molecule has 0 unspecified atom stereocenters. The lowest BCUT2D eigenvalue weighted by Gasteiger charge is -2.13. The van der Waals surface area contributed by atoms with E-state index in [1.165, 1.54) is 11.3 Å². The van der Waals surface area contributed by atoms with E-state index in [1.54, 1.807) is 0 Å². The first-order valence-electron chi connectivity index (χ1n) is 5.28. The number of hydrogen-bond donors (Lipinski definition) is 2. The van der Waals surface area contributed by atoms with Crippen LogP contribution < -0.4 is 11.1 Å². The van der Waals surface area contributed by atoms with Crippen LogP contribution in [0.3, 0.4) is 0 Å². The molecule has 0 aliphatic rings. The largest absolute Gasteiger partial charge is 0.385 e. The molecule has 0 aliphatic heterocycles. The molecule has 1 aromatic rings. The number of benzene rings is 1. The average molecular weight is 192 g/mol. The quantitative estimate of drug-likeness (QED) is 0.704. The molecule has 0 aromatic heterocycles. The molecular weight excluding hydrogens is 172 g/mol. The minimum Gasteiger partial charge on any atom is -0.385 e. The summed E-state index contributed by atoms with van der Waals surface area (Å²) in [4.78, 5) is 0. The third-order valence-electron chi connectivity index (χ3n) is 2.28. The number of nitrogens with one attached hydrogen (secondary N) is 1. The van der Waals surface area contributed by atoms with Crippen molar-refractivity contribution in [1.82, 2.24) is 0 Å². The van der Waals surface area contributed by atoms with E-state index in [9.17, 15) is 0 Å². The van der Waals surface area contributed by atoms with E-state index in [1.807, 2.05) is 0 Å². The summed E-state index contributed by atoms with van der Waals surface area (Å²) in [6.45, 7) is 6.13. The summed E-state index contributed by atoms with van der Waals surface area (Å²) in [5, 5.41) is 3.42. The van der Waals surface area contributed by atoms with Crippen molar-refractivity contribution in [1.29, 1.82) is 0 Å². The summed E-state index contributed by atoms with van der Waals surface area (Å²) in [5.74, 6) is 0.566. The van der Waals surface area contributed by atoms with Gasteiger partial charge >= 0.3 is 0 Å². The molecule has 1 rings (SSSR count). The molecule has 0 radical (unpaired) electrons. The highest BCUT2D eigenvalue weighted by Gasteiger charge is 2.03. The van der Waals surface area contributed by atoms with Crippen molar-refractivity contribution < 1.29 is 0 Å². The number of rotatable bonds is 5. The molecule has 3 N–H and O–H groups in total. The Morgan fingerprint density at radius 1 is 1.29 bits per heavy atom. The van der Waals surface area contributed by atoms with Gasteiger partial charge in [-0.15, -0.1) is 0 Å². The van der Waals surface area contributed by atoms with E-state index in [4.69, 9.17) is 5.73 Å². The standard InChI is InChI=1S/C12H20N2/c1-10(2)11-6-3-4-7-12(11)14-9-5-8-13/h3-4,6-7,10,14H,5,8-9,13H2,1-2H3. The fraction of sp³-hybridized carbons (Fsp3) is 0.500. The number of para-hydroxylation sites is 1. The van der Waals surface area contributed by atoms with Gasteiger partial charge in [0.05, 0.1) is 0 Å². The highest BCUT2D eigenvalue weighted by molar-refractivity contribution is 5.52.